The van der Waals surface area contributed by atoms with E-state index in [9.17, 15) is 4.79 Å². The fourth-order valence-electron chi connectivity index (χ4n) is 4.30. The molecule has 2 aromatic heterocycles. The van der Waals surface area contributed by atoms with Crippen molar-refractivity contribution in [3.05, 3.63) is 88.5 Å². The van der Waals surface area contributed by atoms with Gasteiger partial charge in [-0.05, 0) is 66.9 Å². The standard InChI is InChI=1S/C19H22ClN3.C6H5NO2.C2H6/c1-22-9-11-23(12-10-22)19-17-7-6-16(20)13-15(17)5-4-14-3-2-8-21-18(14)19;8-5-9-6-2-1-3-7-4-6;1-2/h2-3,6-8,13,19H,4-5,9-12H2,1H3;1-5H;1-2H3. The zero-order chi connectivity index (χ0) is 24.3. The Labute approximate surface area is 207 Å². The van der Waals surface area contributed by atoms with Gasteiger partial charge in [0.2, 0.25) is 0 Å². The number of fused-ring (bicyclic) bond motifs is 2. The molecule has 34 heavy (non-hydrogen) atoms. The number of rotatable bonds is 3. The highest BCUT2D eigenvalue weighted by atomic mass is 35.5. The van der Waals surface area contributed by atoms with E-state index < -0.39 is 0 Å². The number of aromatic nitrogens is 2. The molecule has 3 heterocycles. The minimum Gasteiger partial charge on any atom is -0.427 e. The van der Waals surface area contributed by atoms with Crippen molar-refractivity contribution >= 4 is 18.1 Å². The van der Waals surface area contributed by atoms with Gasteiger partial charge in [-0.15, -0.1) is 0 Å². The molecule has 1 aliphatic heterocycles. The number of carbonyl (C=O) groups excluding carboxylic acids is 1. The van der Waals surface area contributed by atoms with E-state index in [1.54, 1.807) is 18.3 Å². The number of carbonyl (C=O) groups is 1. The second-order valence-corrected chi connectivity index (χ2v) is 8.47. The van der Waals surface area contributed by atoms with Crippen LogP contribution in [0.25, 0.3) is 0 Å². The molecule has 7 heteroatoms. The Balaban J connectivity index is 0.000000248. The highest BCUT2D eigenvalue weighted by Crippen LogP contribution is 2.37. The predicted molar refractivity (Wildman–Crippen MR) is 136 cm³/mol. The second kappa shape index (κ2) is 13.2. The first-order valence-corrected chi connectivity index (χ1v) is 12.2. The molecular formula is C27H33ClN4O2. The Morgan fingerprint density at radius 1 is 1.00 bits per heavy atom. The summed E-state index contributed by atoms with van der Waals surface area (Å²) in [6.45, 7) is 8.76. The van der Waals surface area contributed by atoms with Crippen LogP contribution in [0.3, 0.4) is 0 Å². The van der Waals surface area contributed by atoms with Gasteiger partial charge in [-0.2, -0.15) is 0 Å². The zero-order valence-electron chi connectivity index (χ0n) is 20.2. The Bertz CT molecular complexity index is 1040. The summed E-state index contributed by atoms with van der Waals surface area (Å²) < 4.78 is 4.46. The number of hydrogen-bond acceptors (Lipinski definition) is 6. The van der Waals surface area contributed by atoms with Crippen molar-refractivity contribution in [2.24, 2.45) is 0 Å². The van der Waals surface area contributed by atoms with E-state index in [2.05, 4.69) is 50.8 Å². The highest BCUT2D eigenvalue weighted by Gasteiger charge is 2.31. The fraction of sp³-hybridized carbons (Fsp3) is 0.370. The minimum atomic E-state index is 0.259. The lowest BCUT2D eigenvalue weighted by Crippen LogP contribution is -2.46. The van der Waals surface area contributed by atoms with Crippen LogP contribution < -0.4 is 4.74 Å². The summed E-state index contributed by atoms with van der Waals surface area (Å²) >= 11 is 6.26. The van der Waals surface area contributed by atoms with Crippen molar-refractivity contribution in [1.82, 2.24) is 19.8 Å². The molecular weight excluding hydrogens is 448 g/mol. The molecule has 0 saturated carbocycles. The quantitative estimate of drug-likeness (QED) is 0.501. The summed E-state index contributed by atoms with van der Waals surface area (Å²) in [6, 6.07) is 14.3. The predicted octanol–water partition coefficient (Wildman–Crippen LogP) is 4.81. The molecule has 1 atom stereocenters. The van der Waals surface area contributed by atoms with Crippen LogP contribution in [-0.4, -0.2) is 59.5 Å². The van der Waals surface area contributed by atoms with Crippen LogP contribution in [0.1, 0.15) is 42.3 Å². The number of pyridine rings is 2. The third kappa shape index (κ3) is 6.63. The topological polar surface area (TPSA) is 58.6 Å². The van der Waals surface area contributed by atoms with Crippen LogP contribution in [0.15, 0.2) is 61.1 Å². The maximum Gasteiger partial charge on any atom is 0.298 e. The number of piperazine rings is 1. The first kappa shape index (κ1) is 25.8. The zero-order valence-corrected chi connectivity index (χ0v) is 20.9. The lowest BCUT2D eigenvalue weighted by molar-refractivity contribution is -0.120. The van der Waals surface area contributed by atoms with Crippen molar-refractivity contribution < 1.29 is 9.53 Å². The summed E-state index contributed by atoms with van der Waals surface area (Å²) in [5.74, 6) is 0.465. The van der Waals surface area contributed by atoms with Crippen molar-refractivity contribution in [3.63, 3.8) is 0 Å². The van der Waals surface area contributed by atoms with E-state index in [4.69, 9.17) is 16.6 Å². The minimum absolute atomic E-state index is 0.259. The normalized spacial score (nSPS) is 17.5. The maximum absolute atomic E-state index is 9.72. The molecule has 0 radical (unpaired) electrons. The Hall–Kier alpha value is -2.80. The van der Waals surface area contributed by atoms with Gasteiger partial charge < -0.3 is 9.64 Å². The first-order chi connectivity index (χ1) is 16.7. The molecule has 1 fully saturated rings. The number of ether oxygens (including phenoxy) is 1. The van der Waals surface area contributed by atoms with Gasteiger partial charge in [-0.3, -0.25) is 19.7 Å². The monoisotopic (exact) mass is 480 g/mol. The molecule has 1 aliphatic carbocycles. The van der Waals surface area contributed by atoms with Crippen LogP contribution >= 0.6 is 11.6 Å². The Morgan fingerprint density at radius 2 is 1.74 bits per heavy atom. The van der Waals surface area contributed by atoms with E-state index in [0.29, 0.717) is 12.2 Å². The number of benzene rings is 1. The number of aryl methyl sites for hydroxylation is 2. The van der Waals surface area contributed by atoms with Gasteiger partial charge in [0.25, 0.3) is 6.47 Å². The van der Waals surface area contributed by atoms with Gasteiger partial charge in [0.1, 0.15) is 5.75 Å². The van der Waals surface area contributed by atoms with Crippen LogP contribution in [0.4, 0.5) is 0 Å². The molecule has 1 saturated heterocycles. The van der Waals surface area contributed by atoms with Gasteiger partial charge in [-0.25, -0.2) is 0 Å². The molecule has 1 aromatic carbocycles. The Kier molecular flexibility index (Phi) is 10.0. The van der Waals surface area contributed by atoms with E-state index in [1.807, 2.05) is 26.1 Å². The van der Waals surface area contributed by atoms with Gasteiger partial charge in [-0.1, -0.05) is 37.6 Å². The maximum atomic E-state index is 9.72. The third-order valence-electron chi connectivity index (χ3n) is 5.97. The Morgan fingerprint density at radius 3 is 2.44 bits per heavy atom. The van der Waals surface area contributed by atoms with E-state index >= 15 is 0 Å². The van der Waals surface area contributed by atoms with Crippen molar-refractivity contribution in [1.29, 1.82) is 0 Å². The van der Waals surface area contributed by atoms with E-state index in [-0.39, 0.29) is 6.04 Å². The van der Waals surface area contributed by atoms with Crippen LogP contribution in [0, 0.1) is 0 Å². The van der Waals surface area contributed by atoms with Crippen molar-refractivity contribution in [3.8, 4) is 5.75 Å². The first-order valence-electron chi connectivity index (χ1n) is 11.8. The van der Waals surface area contributed by atoms with Gasteiger partial charge in [0.05, 0.1) is 17.9 Å². The average molecular weight is 481 g/mol. The summed E-state index contributed by atoms with van der Waals surface area (Å²) in [6.07, 6.45) is 7.09. The average Bonchev–Trinajstić information content (AvgIpc) is 3.04. The smallest absolute Gasteiger partial charge is 0.298 e. The molecule has 180 valence electrons. The van der Waals surface area contributed by atoms with Crippen molar-refractivity contribution in [2.75, 3.05) is 33.2 Å². The lowest BCUT2D eigenvalue weighted by Gasteiger charge is -2.38. The molecule has 2 aliphatic rings. The van der Waals surface area contributed by atoms with Crippen LogP contribution in [-0.2, 0) is 17.6 Å². The molecule has 1 unspecified atom stereocenters. The van der Waals surface area contributed by atoms with E-state index in [0.717, 1.165) is 44.0 Å². The molecule has 5 rings (SSSR count). The van der Waals surface area contributed by atoms with Gasteiger partial charge >= 0.3 is 0 Å². The molecule has 6 nitrogen and oxygen atoms in total. The SMILES string of the molecule is CC.CN1CCN(C2c3ccc(Cl)cc3CCc3cccnc32)CC1.O=COc1cccnc1. The fourth-order valence-corrected chi connectivity index (χ4v) is 4.50. The molecule has 0 N–H and O–H groups in total. The highest BCUT2D eigenvalue weighted by molar-refractivity contribution is 6.30. The summed E-state index contributed by atoms with van der Waals surface area (Å²) in [7, 11) is 2.20. The van der Waals surface area contributed by atoms with E-state index in [1.165, 1.54) is 28.6 Å². The number of hydrogen-bond donors (Lipinski definition) is 0. The lowest BCUT2D eigenvalue weighted by atomic mass is 9.96. The molecule has 3 aromatic rings. The number of halogens is 1. The number of likely N-dealkylation sites (N-methyl/N-ethyl adjacent to an activating group) is 1. The summed E-state index contributed by atoms with van der Waals surface area (Å²) in [4.78, 5) is 23.2. The van der Waals surface area contributed by atoms with Crippen LogP contribution in [0.2, 0.25) is 5.02 Å². The summed E-state index contributed by atoms with van der Waals surface area (Å²) in [5, 5.41) is 0.833. The van der Waals surface area contributed by atoms with Crippen molar-refractivity contribution in [2.45, 2.75) is 32.7 Å². The second-order valence-electron chi connectivity index (χ2n) is 8.04. The molecule has 0 amide bonds. The largest absolute Gasteiger partial charge is 0.427 e. The van der Waals surface area contributed by atoms with Crippen LogP contribution in [0.5, 0.6) is 5.75 Å². The molecule has 0 bridgehead atoms. The number of nitrogens with zero attached hydrogens (tertiary/aromatic N) is 4. The summed E-state index contributed by atoms with van der Waals surface area (Å²) in [5.41, 5.74) is 5.37. The third-order valence-corrected chi connectivity index (χ3v) is 6.21. The van der Waals surface area contributed by atoms with Gasteiger partial charge in [0.15, 0.2) is 0 Å². The van der Waals surface area contributed by atoms with Gasteiger partial charge in [0, 0.05) is 43.6 Å². The molecule has 0 spiro atoms.